The van der Waals surface area contributed by atoms with Crippen LogP contribution in [0.25, 0.3) is 0 Å². The van der Waals surface area contributed by atoms with Gasteiger partial charge >= 0.3 is 0 Å². The Morgan fingerprint density at radius 1 is 0.870 bits per heavy atom. The van der Waals surface area contributed by atoms with Crippen molar-refractivity contribution in [1.82, 2.24) is 30.1 Å². The van der Waals surface area contributed by atoms with Gasteiger partial charge in [-0.25, -0.2) is 8.42 Å². The van der Waals surface area contributed by atoms with Crippen LogP contribution in [0.3, 0.4) is 0 Å². The molecule has 0 aromatic heterocycles. The molecule has 3 heterocycles. The predicted octanol–water partition coefficient (Wildman–Crippen LogP) is 4.69. The molecule has 3 aliphatic heterocycles. The highest BCUT2D eigenvalue weighted by atomic mass is 35.5. The number of piperidine rings is 1. The van der Waals surface area contributed by atoms with Crippen molar-refractivity contribution in [2.24, 2.45) is 0 Å². The number of hydrogen-bond acceptors (Lipinski definition) is 9. The lowest BCUT2D eigenvalue weighted by Gasteiger charge is -2.40. The van der Waals surface area contributed by atoms with E-state index in [1.54, 1.807) is 30.2 Å². The van der Waals surface area contributed by atoms with E-state index in [0.717, 1.165) is 30.4 Å². The van der Waals surface area contributed by atoms with Crippen LogP contribution in [0, 0.1) is 0 Å². The first-order valence-corrected chi connectivity index (χ1v) is 20.8. The Kier molecular flexibility index (Phi) is 13.2. The van der Waals surface area contributed by atoms with E-state index >= 15 is 4.79 Å². The summed E-state index contributed by atoms with van der Waals surface area (Å²) in [6.07, 6.45) is 2.46. The van der Waals surface area contributed by atoms with Crippen LogP contribution < -0.4 is 20.7 Å². The van der Waals surface area contributed by atoms with E-state index in [1.165, 1.54) is 4.31 Å². The second-order valence-corrected chi connectivity index (χ2v) is 16.9. The number of sulfonamides is 1. The van der Waals surface area contributed by atoms with Crippen LogP contribution in [0.4, 0.5) is 0 Å². The van der Waals surface area contributed by atoms with Gasteiger partial charge in [-0.05, 0) is 80.3 Å². The maximum atomic E-state index is 15.4. The highest BCUT2D eigenvalue weighted by molar-refractivity contribution is 7.89. The van der Waals surface area contributed by atoms with Gasteiger partial charge in [0.25, 0.3) is 5.91 Å². The van der Waals surface area contributed by atoms with Crippen LogP contribution in [0.2, 0.25) is 10.0 Å². The molecule has 54 heavy (non-hydrogen) atoms. The molecule has 2 unspecified atom stereocenters. The Hall–Kier alpha value is -3.27. The lowest BCUT2D eigenvalue weighted by Crippen LogP contribution is -2.62. The van der Waals surface area contributed by atoms with E-state index in [4.69, 9.17) is 32.7 Å². The molecule has 12 nitrogen and oxygen atoms in total. The molecule has 3 aromatic rings. The molecule has 292 valence electrons. The molecular weight excluding hydrogens is 751 g/mol. The minimum atomic E-state index is -3.88. The third-order valence-electron chi connectivity index (χ3n) is 10.5. The molecule has 4 atom stereocenters. The van der Waals surface area contributed by atoms with Crippen molar-refractivity contribution in [3.05, 3.63) is 93.5 Å². The van der Waals surface area contributed by atoms with E-state index in [9.17, 15) is 13.2 Å². The molecule has 3 aliphatic rings. The van der Waals surface area contributed by atoms with Crippen LogP contribution >= 0.6 is 23.2 Å². The molecule has 15 heteroatoms. The van der Waals surface area contributed by atoms with E-state index in [2.05, 4.69) is 16.0 Å². The van der Waals surface area contributed by atoms with E-state index in [0.29, 0.717) is 73.8 Å². The van der Waals surface area contributed by atoms with Crippen molar-refractivity contribution in [3.63, 3.8) is 0 Å². The predicted molar refractivity (Wildman–Crippen MR) is 209 cm³/mol. The second kappa shape index (κ2) is 17.7. The van der Waals surface area contributed by atoms with Crippen LogP contribution in [0.5, 0.6) is 5.75 Å². The molecule has 2 amide bonds. The molecule has 0 radical (unpaired) electrons. The number of piperazine rings is 1. The molecule has 3 N–H and O–H groups in total. The van der Waals surface area contributed by atoms with Gasteiger partial charge in [0.2, 0.25) is 15.9 Å². The molecule has 6 rings (SSSR count). The summed E-state index contributed by atoms with van der Waals surface area (Å²) in [5.41, 5.74) is 0.477. The van der Waals surface area contributed by atoms with Gasteiger partial charge in [0.15, 0.2) is 5.66 Å². The Bertz CT molecular complexity index is 1820. The van der Waals surface area contributed by atoms with Crippen LogP contribution in [0.15, 0.2) is 71.6 Å². The molecule has 3 aromatic carbocycles. The van der Waals surface area contributed by atoms with Crippen molar-refractivity contribution in [2.75, 3.05) is 66.1 Å². The van der Waals surface area contributed by atoms with E-state index < -0.39 is 27.8 Å². The zero-order valence-corrected chi connectivity index (χ0v) is 33.4. The Balaban J connectivity index is 1.41. The number of carbonyl (C=O) groups excluding carboxylic acids is 2. The molecule has 3 fully saturated rings. The summed E-state index contributed by atoms with van der Waals surface area (Å²) < 4.78 is 41.2. The van der Waals surface area contributed by atoms with Gasteiger partial charge in [0, 0.05) is 68.5 Å². The van der Waals surface area contributed by atoms with Crippen molar-refractivity contribution >= 4 is 45.0 Å². The largest absolute Gasteiger partial charge is 0.493 e. The maximum absolute atomic E-state index is 15.4. The van der Waals surface area contributed by atoms with Gasteiger partial charge in [0.1, 0.15) is 5.75 Å². The first kappa shape index (κ1) is 40.4. The first-order valence-electron chi connectivity index (χ1n) is 18.6. The van der Waals surface area contributed by atoms with Crippen molar-refractivity contribution in [2.45, 2.75) is 61.9 Å². The fourth-order valence-corrected chi connectivity index (χ4v) is 9.20. The number of nitrogens with one attached hydrogen (secondary N) is 3. The summed E-state index contributed by atoms with van der Waals surface area (Å²) in [6.45, 7) is 7.15. The zero-order chi connectivity index (χ0) is 38.5. The molecule has 0 saturated carbocycles. The summed E-state index contributed by atoms with van der Waals surface area (Å²) >= 11 is 12.7. The van der Waals surface area contributed by atoms with Gasteiger partial charge in [-0.2, -0.15) is 4.31 Å². The third kappa shape index (κ3) is 8.89. The highest BCUT2D eigenvalue weighted by Gasteiger charge is 2.55. The topological polar surface area (TPSA) is 133 Å². The molecular formula is C39H50Cl2N6O6S. The van der Waals surface area contributed by atoms with E-state index in [-0.39, 0.29) is 29.4 Å². The van der Waals surface area contributed by atoms with Crippen molar-refractivity contribution < 1.29 is 27.5 Å². The van der Waals surface area contributed by atoms with Crippen molar-refractivity contribution in [1.29, 1.82) is 0 Å². The molecule has 3 saturated heterocycles. The standard InChI is InChI=1S/C39H50Cl2N6O6S/c1-4-53-34-17-16-32(54(50,51)47-18-6-5-7-19-47)24-33(34)39(38(49)46-22-20-45(21-23-46)26-35(48)42-25-27(2)52-3)43-36(28-8-12-30(40)13-9-28)37(44-39)29-10-14-31(41)15-11-29/h8-17,24,27,36-37,43-44H,4-7,18-23,25-26H2,1-3H3,(H,42,48)/t27?,36-,37+,39?. The van der Waals surface area contributed by atoms with Gasteiger partial charge in [0.05, 0.1) is 36.2 Å². The minimum absolute atomic E-state index is 0.0928. The Labute approximate surface area is 328 Å². The quantitative estimate of drug-likeness (QED) is 0.225. The number of halogens is 2. The Morgan fingerprint density at radius 3 is 1.98 bits per heavy atom. The number of amides is 2. The average molecular weight is 802 g/mol. The first-order chi connectivity index (χ1) is 25.9. The minimum Gasteiger partial charge on any atom is -0.493 e. The summed E-state index contributed by atoms with van der Waals surface area (Å²) in [6, 6.07) is 18.8. The number of rotatable bonds is 13. The average Bonchev–Trinajstić information content (AvgIpc) is 3.60. The zero-order valence-electron chi connectivity index (χ0n) is 31.0. The lowest BCUT2D eigenvalue weighted by molar-refractivity contribution is -0.141. The van der Waals surface area contributed by atoms with Crippen LogP contribution in [-0.2, 0) is 30.0 Å². The number of carbonyl (C=O) groups is 2. The van der Waals surface area contributed by atoms with Gasteiger partial charge in [-0.1, -0.05) is 53.9 Å². The van der Waals surface area contributed by atoms with Crippen LogP contribution in [-0.4, -0.2) is 107 Å². The normalized spacial score (nSPS) is 23.2. The number of methoxy groups -OCH3 is 1. The summed E-state index contributed by atoms with van der Waals surface area (Å²) in [5, 5.41) is 11.4. The fraction of sp³-hybridized carbons (Fsp3) is 0.487. The number of nitrogens with zero attached hydrogens (tertiary/aromatic N) is 3. The second-order valence-electron chi connectivity index (χ2n) is 14.1. The van der Waals surface area contributed by atoms with Crippen molar-refractivity contribution in [3.8, 4) is 5.75 Å². The molecule has 0 aliphatic carbocycles. The SMILES string of the molecule is CCOc1ccc(S(=O)(=O)N2CCCCC2)cc1C1(C(=O)N2CCN(CC(=O)NCC(C)OC)CC2)N[C@H](c2ccc(Cl)cc2)[C@H](c2ccc(Cl)cc2)N1. The Morgan fingerprint density at radius 2 is 1.44 bits per heavy atom. The monoisotopic (exact) mass is 800 g/mol. The highest BCUT2D eigenvalue weighted by Crippen LogP contribution is 2.45. The molecule has 0 bridgehead atoms. The van der Waals surface area contributed by atoms with Gasteiger partial charge in [-0.3, -0.25) is 25.1 Å². The smallest absolute Gasteiger partial charge is 0.262 e. The summed E-state index contributed by atoms with van der Waals surface area (Å²) in [7, 11) is -2.28. The maximum Gasteiger partial charge on any atom is 0.262 e. The molecule has 0 spiro atoms. The number of hydrogen-bond donors (Lipinski definition) is 3. The van der Waals surface area contributed by atoms with Crippen LogP contribution in [0.1, 0.15) is 61.9 Å². The van der Waals surface area contributed by atoms with E-state index in [1.807, 2.05) is 67.3 Å². The fourth-order valence-electron chi connectivity index (χ4n) is 7.41. The summed E-state index contributed by atoms with van der Waals surface area (Å²) in [4.78, 5) is 32.0. The number of benzene rings is 3. The number of ether oxygens (including phenoxy) is 2. The van der Waals surface area contributed by atoms with Gasteiger partial charge in [-0.15, -0.1) is 0 Å². The lowest BCUT2D eigenvalue weighted by atomic mass is 9.95. The third-order valence-corrected chi connectivity index (χ3v) is 12.9. The van der Waals surface area contributed by atoms with Gasteiger partial charge < -0.3 is 19.7 Å². The summed E-state index contributed by atoms with van der Waals surface area (Å²) in [5.74, 6) is -0.0148.